The highest BCUT2D eigenvalue weighted by Crippen LogP contribution is 2.37. The number of anilines is 1. The SMILES string of the molecule is O=C(Nc1cccc(Cl)c1)N1C2CCC1CC(Oc1cccnc1)C2. The third-order valence-electron chi connectivity index (χ3n) is 4.94. The molecule has 130 valence electrons. The molecule has 2 fully saturated rings. The lowest BCUT2D eigenvalue weighted by Crippen LogP contribution is -2.50. The van der Waals surface area contributed by atoms with Crippen molar-refractivity contribution in [3.8, 4) is 5.75 Å². The number of fused-ring (bicyclic) bond motifs is 2. The zero-order valence-electron chi connectivity index (χ0n) is 13.8. The molecule has 1 N–H and O–H groups in total. The molecule has 2 unspecified atom stereocenters. The average Bonchev–Trinajstić information content (AvgIpc) is 2.87. The van der Waals surface area contributed by atoms with Gasteiger partial charge in [0.05, 0.1) is 6.20 Å². The molecule has 2 aromatic rings. The van der Waals surface area contributed by atoms with Crippen molar-refractivity contribution in [3.63, 3.8) is 0 Å². The molecule has 2 aliphatic rings. The van der Waals surface area contributed by atoms with E-state index in [2.05, 4.69) is 10.3 Å². The van der Waals surface area contributed by atoms with Crippen LogP contribution < -0.4 is 10.1 Å². The van der Waals surface area contributed by atoms with Gasteiger partial charge in [0.2, 0.25) is 0 Å². The standard InChI is InChI=1S/C19H20ClN3O2/c20-13-3-1-4-14(9-13)22-19(24)23-15-6-7-16(23)11-18(10-15)25-17-5-2-8-21-12-17/h1-5,8-9,12,15-16,18H,6-7,10-11H2,(H,22,24). The normalized spacial score (nSPS) is 24.8. The topological polar surface area (TPSA) is 54.5 Å². The minimum atomic E-state index is -0.0467. The van der Waals surface area contributed by atoms with Gasteiger partial charge in [-0.25, -0.2) is 4.79 Å². The molecule has 2 amide bonds. The zero-order chi connectivity index (χ0) is 17.2. The highest BCUT2D eigenvalue weighted by molar-refractivity contribution is 6.30. The van der Waals surface area contributed by atoms with Crippen LogP contribution in [-0.2, 0) is 0 Å². The Kier molecular flexibility index (Phi) is 4.49. The number of aromatic nitrogens is 1. The first kappa shape index (κ1) is 16.2. The molecule has 0 spiro atoms. The number of carbonyl (C=O) groups excluding carboxylic acids is 1. The fourth-order valence-corrected chi connectivity index (χ4v) is 4.11. The second-order valence-electron chi connectivity index (χ2n) is 6.63. The second kappa shape index (κ2) is 6.92. The van der Waals surface area contributed by atoms with Gasteiger partial charge in [0.25, 0.3) is 0 Å². The summed E-state index contributed by atoms with van der Waals surface area (Å²) in [6.45, 7) is 0. The predicted molar refractivity (Wildman–Crippen MR) is 97.0 cm³/mol. The van der Waals surface area contributed by atoms with Crippen LogP contribution in [0.1, 0.15) is 25.7 Å². The molecule has 2 bridgehead atoms. The van der Waals surface area contributed by atoms with Crippen molar-refractivity contribution in [1.82, 2.24) is 9.88 Å². The van der Waals surface area contributed by atoms with Gasteiger partial charge in [0.15, 0.2) is 0 Å². The number of nitrogens with one attached hydrogen (secondary N) is 1. The van der Waals surface area contributed by atoms with Gasteiger partial charge in [-0.1, -0.05) is 17.7 Å². The van der Waals surface area contributed by atoms with Crippen LogP contribution in [0.15, 0.2) is 48.8 Å². The summed E-state index contributed by atoms with van der Waals surface area (Å²) in [6, 6.07) is 11.4. The first-order chi connectivity index (χ1) is 12.2. The number of nitrogens with zero attached hydrogens (tertiary/aromatic N) is 2. The van der Waals surface area contributed by atoms with E-state index in [1.165, 1.54) is 0 Å². The first-order valence-corrected chi connectivity index (χ1v) is 8.98. The van der Waals surface area contributed by atoms with Crippen molar-refractivity contribution in [3.05, 3.63) is 53.8 Å². The van der Waals surface area contributed by atoms with E-state index in [9.17, 15) is 4.79 Å². The molecule has 3 heterocycles. The number of pyridine rings is 1. The van der Waals surface area contributed by atoms with Gasteiger partial charge in [0.1, 0.15) is 11.9 Å². The number of halogens is 1. The summed E-state index contributed by atoms with van der Waals surface area (Å²) in [4.78, 5) is 18.8. The maximum Gasteiger partial charge on any atom is 0.322 e. The van der Waals surface area contributed by atoms with Gasteiger partial charge in [-0.3, -0.25) is 4.98 Å². The Balaban J connectivity index is 1.41. The maximum atomic E-state index is 12.7. The highest BCUT2D eigenvalue weighted by atomic mass is 35.5. The van der Waals surface area contributed by atoms with Gasteiger partial charge < -0.3 is 15.0 Å². The third kappa shape index (κ3) is 3.56. The minimum absolute atomic E-state index is 0.0467. The van der Waals surface area contributed by atoms with E-state index >= 15 is 0 Å². The quantitative estimate of drug-likeness (QED) is 0.888. The monoisotopic (exact) mass is 357 g/mol. The summed E-state index contributed by atoms with van der Waals surface area (Å²) in [5, 5.41) is 3.58. The molecule has 5 nitrogen and oxygen atoms in total. The molecular formula is C19H20ClN3O2. The molecule has 2 aliphatic heterocycles. The molecule has 0 aliphatic carbocycles. The van der Waals surface area contributed by atoms with Crippen LogP contribution in [0.2, 0.25) is 5.02 Å². The van der Waals surface area contributed by atoms with E-state index in [0.717, 1.165) is 37.1 Å². The number of hydrogen-bond donors (Lipinski definition) is 1. The van der Waals surface area contributed by atoms with Gasteiger partial charge in [-0.05, 0) is 43.2 Å². The fourth-order valence-electron chi connectivity index (χ4n) is 3.92. The Hall–Kier alpha value is -2.27. The Bertz CT molecular complexity index is 741. The Morgan fingerprint density at radius 1 is 1.20 bits per heavy atom. The van der Waals surface area contributed by atoms with E-state index in [-0.39, 0.29) is 24.2 Å². The van der Waals surface area contributed by atoms with Gasteiger partial charge >= 0.3 is 6.03 Å². The highest BCUT2D eigenvalue weighted by Gasteiger charge is 2.44. The van der Waals surface area contributed by atoms with E-state index in [0.29, 0.717) is 5.02 Å². The van der Waals surface area contributed by atoms with Crippen molar-refractivity contribution < 1.29 is 9.53 Å². The molecule has 4 rings (SSSR count). The Morgan fingerprint density at radius 2 is 2.00 bits per heavy atom. The van der Waals surface area contributed by atoms with Crippen LogP contribution in [-0.4, -0.2) is 34.1 Å². The van der Waals surface area contributed by atoms with Crippen molar-refractivity contribution in [2.24, 2.45) is 0 Å². The molecule has 2 saturated heterocycles. The van der Waals surface area contributed by atoms with Crippen LogP contribution in [0, 0.1) is 0 Å². The van der Waals surface area contributed by atoms with Crippen LogP contribution in [0.5, 0.6) is 5.75 Å². The van der Waals surface area contributed by atoms with Crippen molar-refractivity contribution in [2.75, 3.05) is 5.32 Å². The number of piperidine rings is 1. The third-order valence-corrected chi connectivity index (χ3v) is 5.17. The lowest BCUT2D eigenvalue weighted by Gasteiger charge is -2.38. The van der Waals surface area contributed by atoms with Crippen LogP contribution in [0.25, 0.3) is 0 Å². The van der Waals surface area contributed by atoms with E-state index in [4.69, 9.17) is 16.3 Å². The predicted octanol–water partition coefficient (Wildman–Crippen LogP) is 4.34. The van der Waals surface area contributed by atoms with E-state index < -0.39 is 0 Å². The summed E-state index contributed by atoms with van der Waals surface area (Å²) < 4.78 is 6.06. The first-order valence-electron chi connectivity index (χ1n) is 8.60. The molecule has 6 heteroatoms. The van der Waals surface area contributed by atoms with Crippen molar-refractivity contribution in [2.45, 2.75) is 43.9 Å². The van der Waals surface area contributed by atoms with Crippen LogP contribution in [0.4, 0.5) is 10.5 Å². The second-order valence-corrected chi connectivity index (χ2v) is 7.07. The molecule has 2 atom stereocenters. The van der Waals surface area contributed by atoms with Gasteiger partial charge in [-0.15, -0.1) is 0 Å². The lowest BCUT2D eigenvalue weighted by atomic mass is 10.00. The largest absolute Gasteiger partial charge is 0.489 e. The average molecular weight is 358 g/mol. The Labute approximate surface area is 152 Å². The molecule has 1 aromatic heterocycles. The molecular weight excluding hydrogens is 338 g/mol. The number of benzene rings is 1. The van der Waals surface area contributed by atoms with Crippen LogP contribution >= 0.6 is 11.6 Å². The summed E-state index contributed by atoms with van der Waals surface area (Å²) in [6.07, 6.45) is 7.38. The molecule has 0 saturated carbocycles. The minimum Gasteiger partial charge on any atom is -0.489 e. The van der Waals surface area contributed by atoms with Crippen molar-refractivity contribution >= 4 is 23.3 Å². The number of carbonyl (C=O) groups is 1. The molecule has 25 heavy (non-hydrogen) atoms. The van der Waals surface area contributed by atoms with E-state index in [1.807, 2.05) is 29.2 Å². The number of rotatable bonds is 3. The van der Waals surface area contributed by atoms with Crippen LogP contribution in [0.3, 0.4) is 0 Å². The summed E-state index contributed by atoms with van der Waals surface area (Å²) in [5.74, 6) is 0.795. The summed E-state index contributed by atoms with van der Waals surface area (Å²) in [5.41, 5.74) is 0.727. The summed E-state index contributed by atoms with van der Waals surface area (Å²) in [7, 11) is 0. The van der Waals surface area contributed by atoms with E-state index in [1.54, 1.807) is 24.5 Å². The lowest BCUT2D eigenvalue weighted by molar-refractivity contribution is 0.0730. The maximum absolute atomic E-state index is 12.7. The number of ether oxygens (including phenoxy) is 1. The zero-order valence-corrected chi connectivity index (χ0v) is 14.5. The Morgan fingerprint density at radius 3 is 2.68 bits per heavy atom. The van der Waals surface area contributed by atoms with Gasteiger partial charge in [-0.2, -0.15) is 0 Å². The fraction of sp³-hybridized carbons (Fsp3) is 0.368. The smallest absolute Gasteiger partial charge is 0.322 e. The number of urea groups is 1. The molecule has 1 aromatic carbocycles. The number of hydrogen-bond acceptors (Lipinski definition) is 3. The van der Waals surface area contributed by atoms with Gasteiger partial charge in [0, 0.05) is 41.8 Å². The summed E-state index contributed by atoms with van der Waals surface area (Å²) >= 11 is 5.99. The van der Waals surface area contributed by atoms with Crippen molar-refractivity contribution in [1.29, 1.82) is 0 Å². The molecule has 0 radical (unpaired) electrons. The number of amides is 2.